The van der Waals surface area contributed by atoms with Crippen molar-refractivity contribution in [3.05, 3.63) is 47.6 Å². The molecular weight excluding hydrogens is 584 g/mol. The summed E-state index contributed by atoms with van der Waals surface area (Å²) in [5.41, 5.74) is 2.38. The smallest absolute Gasteiger partial charge is 0.244 e. The van der Waals surface area contributed by atoms with Gasteiger partial charge in [0, 0.05) is 19.2 Å². The lowest BCUT2D eigenvalue weighted by atomic mass is 9.33. The molecule has 0 spiro atoms. The zero-order valence-electron chi connectivity index (χ0n) is 30.0. The predicted molar refractivity (Wildman–Crippen MR) is 188 cm³/mol. The molecular formula is C41H60N2O4. The van der Waals surface area contributed by atoms with Crippen LogP contribution < -0.4 is 10.6 Å². The molecule has 0 aromatic heterocycles. The third-order valence-corrected chi connectivity index (χ3v) is 15.5. The van der Waals surface area contributed by atoms with Crippen molar-refractivity contribution >= 4 is 17.9 Å². The van der Waals surface area contributed by atoms with Gasteiger partial charge in [0.05, 0.1) is 11.5 Å². The number of aliphatic hydroxyl groups is 1. The van der Waals surface area contributed by atoms with E-state index in [0.717, 1.165) is 50.5 Å². The van der Waals surface area contributed by atoms with Gasteiger partial charge < -0.3 is 20.8 Å². The minimum atomic E-state index is -0.401. The molecule has 0 heterocycles. The zero-order chi connectivity index (χ0) is 34.0. The number of rotatable bonds is 6. The van der Waals surface area contributed by atoms with Crippen molar-refractivity contribution in [1.82, 2.24) is 10.6 Å². The number of carbonyl (C=O) groups is 2. The van der Waals surface area contributed by atoms with Gasteiger partial charge in [-0.2, -0.15) is 0 Å². The fourth-order valence-electron chi connectivity index (χ4n) is 12.2. The molecule has 6 rings (SSSR count). The number of carbonyl (C=O) groups excluding carboxylic acids is 2. The molecule has 6 nitrogen and oxygen atoms in total. The number of hydrogen-bond acceptors (Lipinski definition) is 4. The first-order valence-corrected chi connectivity index (χ1v) is 18.5. The van der Waals surface area contributed by atoms with Crippen LogP contribution in [-0.4, -0.2) is 41.2 Å². The van der Waals surface area contributed by atoms with Gasteiger partial charge in [-0.15, -0.1) is 0 Å². The van der Waals surface area contributed by atoms with E-state index in [9.17, 15) is 19.8 Å². The van der Waals surface area contributed by atoms with Crippen LogP contribution in [0.25, 0.3) is 6.08 Å². The Morgan fingerprint density at radius 1 is 0.872 bits per heavy atom. The number of benzene rings is 1. The van der Waals surface area contributed by atoms with Crippen LogP contribution in [0.15, 0.2) is 42.0 Å². The average molecular weight is 645 g/mol. The van der Waals surface area contributed by atoms with E-state index in [4.69, 9.17) is 0 Å². The van der Waals surface area contributed by atoms with Gasteiger partial charge in [0.15, 0.2) is 0 Å². The first-order valence-electron chi connectivity index (χ1n) is 18.5. The highest BCUT2D eigenvalue weighted by molar-refractivity contribution is 5.91. The van der Waals surface area contributed by atoms with Gasteiger partial charge >= 0.3 is 0 Å². The number of amides is 2. The van der Waals surface area contributed by atoms with E-state index in [-0.39, 0.29) is 51.2 Å². The van der Waals surface area contributed by atoms with Gasteiger partial charge in [0.2, 0.25) is 11.8 Å². The van der Waals surface area contributed by atoms with E-state index in [1.165, 1.54) is 18.9 Å². The lowest BCUT2D eigenvalue weighted by Gasteiger charge is -2.71. The maximum Gasteiger partial charge on any atom is 0.244 e. The molecule has 0 unspecified atom stereocenters. The first-order chi connectivity index (χ1) is 22.1. The second-order valence-electron chi connectivity index (χ2n) is 17.7. The molecule has 258 valence electrons. The van der Waals surface area contributed by atoms with Crippen molar-refractivity contribution in [1.29, 1.82) is 0 Å². The standard InChI is InChI=1S/C41H60N2O4/c1-26-16-21-41(36(47)43-25-24-42-34(46)15-10-28-8-11-29(44)12-9-28)23-22-39(6)30(35(41)27(26)2)13-14-32-38(5)19-18-33(45)37(3,4)31(38)17-20-40(32,39)7/h8-13,15,26-27,31-33,35,44-45H,14,16-25H2,1-7H3,(H,42,46)(H,43,47)/b15-10+/t26-,27+,31+,32-,33+,35+,38+,39-,40-,41+/m1/s1. The summed E-state index contributed by atoms with van der Waals surface area (Å²) in [5.74, 6) is 2.51. The fraction of sp³-hybridized carbons (Fsp3) is 0.707. The molecule has 1 aromatic rings. The van der Waals surface area contributed by atoms with E-state index in [0.29, 0.717) is 36.8 Å². The molecule has 1 aromatic carbocycles. The molecule has 2 amide bonds. The molecule has 10 atom stereocenters. The van der Waals surface area contributed by atoms with E-state index in [2.05, 4.69) is 65.2 Å². The lowest BCUT2D eigenvalue weighted by molar-refractivity contribution is -0.204. The molecule has 0 bridgehead atoms. The van der Waals surface area contributed by atoms with Crippen molar-refractivity contribution in [3.8, 4) is 5.75 Å². The fourth-order valence-corrected chi connectivity index (χ4v) is 12.2. The Morgan fingerprint density at radius 3 is 2.30 bits per heavy atom. The Bertz CT molecular complexity index is 1430. The number of aliphatic hydroxyl groups excluding tert-OH is 1. The van der Waals surface area contributed by atoms with E-state index in [1.54, 1.807) is 35.9 Å². The number of phenols is 1. The van der Waals surface area contributed by atoms with Crippen LogP contribution in [0.4, 0.5) is 0 Å². The third kappa shape index (κ3) is 5.31. The zero-order valence-corrected chi connectivity index (χ0v) is 30.0. The number of phenolic OH excluding ortho intramolecular Hbond substituents is 1. The highest BCUT2D eigenvalue weighted by Crippen LogP contribution is 2.75. The SMILES string of the molecule is C[C@H]1[C@H](C)CC[C@]2(C(=O)NCCNC(=O)/C=C/c3ccc(O)cc3)CC[C@]3(C)C(=CC[C@@H]4[C@@]5(C)CC[C@H](O)C(C)(C)[C@@H]5CC[C@]43C)[C@H]12. The predicted octanol–water partition coefficient (Wildman–Crippen LogP) is 7.66. The van der Waals surface area contributed by atoms with Crippen LogP contribution in [0.1, 0.15) is 112 Å². The van der Waals surface area contributed by atoms with Gasteiger partial charge in [0.1, 0.15) is 5.75 Å². The first kappa shape index (κ1) is 34.3. The largest absolute Gasteiger partial charge is 0.508 e. The topological polar surface area (TPSA) is 98.7 Å². The Labute approximate surface area is 283 Å². The summed E-state index contributed by atoms with van der Waals surface area (Å²) in [6.07, 6.45) is 15.0. The van der Waals surface area contributed by atoms with Crippen LogP contribution in [0, 0.1) is 56.7 Å². The summed E-state index contributed by atoms with van der Waals surface area (Å²) in [7, 11) is 0. The van der Waals surface area contributed by atoms with E-state index >= 15 is 0 Å². The summed E-state index contributed by atoms with van der Waals surface area (Å²) in [5, 5.41) is 26.7. The van der Waals surface area contributed by atoms with Gasteiger partial charge in [-0.3, -0.25) is 9.59 Å². The molecule has 5 aliphatic carbocycles. The quantitative estimate of drug-likeness (QED) is 0.145. The Hall–Kier alpha value is -2.60. The number of nitrogens with one attached hydrogen (secondary N) is 2. The maximum atomic E-state index is 14.4. The van der Waals surface area contributed by atoms with Crippen LogP contribution in [0.2, 0.25) is 0 Å². The molecule has 0 aliphatic heterocycles. The molecule has 47 heavy (non-hydrogen) atoms. The maximum absolute atomic E-state index is 14.4. The monoisotopic (exact) mass is 644 g/mol. The van der Waals surface area contributed by atoms with Crippen molar-refractivity contribution in [2.24, 2.45) is 56.7 Å². The second-order valence-corrected chi connectivity index (χ2v) is 17.7. The molecule has 0 radical (unpaired) electrons. The van der Waals surface area contributed by atoms with Gasteiger partial charge in [-0.05, 0) is 133 Å². The minimum Gasteiger partial charge on any atom is -0.508 e. The number of fused-ring (bicyclic) bond motifs is 7. The highest BCUT2D eigenvalue weighted by Gasteiger charge is 2.69. The van der Waals surface area contributed by atoms with Gasteiger partial charge in [-0.25, -0.2) is 0 Å². The van der Waals surface area contributed by atoms with E-state index < -0.39 is 5.41 Å². The van der Waals surface area contributed by atoms with Crippen LogP contribution in [0.5, 0.6) is 5.75 Å². The minimum absolute atomic E-state index is 0.0572. The lowest BCUT2D eigenvalue weighted by Crippen LogP contribution is -2.66. The summed E-state index contributed by atoms with van der Waals surface area (Å²) in [4.78, 5) is 26.8. The molecule has 0 saturated heterocycles. The van der Waals surface area contributed by atoms with E-state index in [1.807, 2.05) is 0 Å². The average Bonchev–Trinajstić information content (AvgIpc) is 3.03. The number of hydrogen-bond donors (Lipinski definition) is 4. The molecule has 5 aliphatic rings. The van der Waals surface area contributed by atoms with Crippen molar-refractivity contribution in [2.75, 3.05) is 13.1 Å². The number of allylic oxidation sites excluding steroid dienone is 2. The van der Waals surface area contributed by atoms with Crippen molar-refractivity contribution in [3.63, 3.8) is 0 Å². The molecule has 6 heteroatoms. The summed E-state index contributed by atoms with van der Waals surface area (Å²) >= 11 is 0. The molecule has 4 saturated carbocycles. The van der Waals surface area contributed by atoms with Gasteiger partial charge in [0.25, 0.3) is 0 Å². The van der Waals surface area contributed by atoms with Crippen molar-refractivity contribution < 1.29 is 19.8 Å². The van der Waals surface area contributed by atoms with Crippen LogP contribution >= 0.6 is 0 Å². The van der Waals surface area contributed by atoms with Gasteiger partial charge in [-0.1, -0.05) is 72.2 Å². The molecule has 4 N–H and O–H groups in total. The highest BCUT2D eigenvalue weighted by atomic mass is 16.3. The Morgan fingerprint density at radius 2 is 1.57 bits per heavy atom. The summed E-state index contributed by atoms with van der Waals surface area (Å²) in [6.45, 7) is 17.9. The summed E-state index contributed by atoms with van der Waals surface area (Å²) < 4.78 is 0. The molecule has 4 fully saturated rings. The van der Waals surface area contributed by atoms with Crippen LogP contribution in [-0.2, 0) is 9.59 Å². The number of aromatic hydroxyl groups is 1. The van der Waals surface area contributed by atoms with Crippen LogP contribution in [0.3, 0.4) is 0 Å². The van der Waals surface area contributed by atoms with Crippen molar-refractivity contribution in [2.45, 2.75) is 112 Å². The third-order valence-electron chi connectivity index (χ3n) is 15.5. The Balaban J connectivity index is 1.20. The Kier molecular flexibility index (Phi) is 8.80. The second kappa shape index (κ2) is 12.1. The summed E-state index contributed by atoms with van der Waals surface area (Å²) in [6, 6.07) is 6.70. The normalized spacial score (nSPS) is 42.3.